The Bertz CT molecular complexity index is 1890. The Kier molecular flexibility index (Phi) is 11.9. The minimum Gasteiger partial charge on any atom is -0.493 e. The lowest BCUT2D eigenvalue weighted by molar-refractivity contribution is -0.757. The normalized spacial score (nSPS) is 34.5. The molecule has 1 aromatic carbocycles. The molecule has 0 unspecified atom stereocenters. The molecule has 4 fully saturated rings. The molecule has 14 heteroatoms. The maximum atomic E-state index is 14.8. The van der Waals surface area contributed by atoms with E-state index in [9.17, 15) is 37.7 Å². The third kappa shape index (κ3) is 7.98. The lowest BCUT2D eigenvalue weighted by atomic mass is 9.33. The molecule has 0 spiro atoms. The van der Waals surface area contributed by atoms with Gasteiger partial charge in [0.15, 0.2) is 11.5 Å². The third-order valence-electron chi connectivity index (χ3n) is 16.0. The molecule has 8 atom stereocenters. The minimum absolute atomic E-state index is 0.000799. The first kappa shape index (κ1) is 44.5. The highest BCUT2D eigenvalue weighted by atomic mass is 19.4. The summed E-state index contributed by atoms with van der Waals surface area (Å²) in [5.74, 6) is -2.12. The second-order valence-electron chi connectivity index (χ2n) is 19.8. The van der Waals surface area contributed by atoms with Gasteiger partial charge < -0.3 is 23.8 Å². The first-order chi connectivity index (χ1) is 27.4. The van der Waals surface area contributed by atoms with E-state index in [2.05, 4.69) is 45.5 Å². The maximum absolute atomic E-state index is 14.8. The standard InChI is InChI=1S/C45H60F3NO10/c1-39(2)20-22-44(37(51)58-31-13-10-28(26-32(31)55-8)11-15-36(50)56-24-9-25-57-49(53)54)23-21-42(6)29(30(44)27-39)12-14-34-41(5)18-17-35(59-38(52)45(46,47)48)40(3,4)33(41)16-19-43(34,42)7/h10-13,15,26,30,33-35H,9,14,16-25,27H2,1-8H3/b15-11+/t30-,33-,34+,35-,41-,42+,43+,44-/m0/s1. The van der Waals surface area contributed by atoms with E-state index in [0.717, 1.165) is 38.5 Å². The van der Waals surface area contributed by atoms with E-state index in [1.807, 2.05) is 13.8 Å². The molecule has 5 aliphatic rings. The van der Waals surface area contributed by atoms with Crippen LogP contribution in [0.15, 0.2) is 35.9 Å². The number of carbonyl (C=O) groups is 3. The number of fused-ring (bicyclic) bond motifs is 7. The molecule has 0 aromatic heterocycles. The largest absolute Gasteiger partial charge is 0.493 e. The average Bonchev–Trinajstić information content (AvgIpc) is 3.14. The van der Waals surface area contributed by atoms with Crippen molar-refractivity contribution in [3.63, 3.8) is 0 Å². The van der Waals surface area contributed by atoms with Crippen LogP contribution in [0.2, 0.25) is 0 Å². The zero-order valence-corrected chi connectivity index (χ0v) is 35.6. The van der Waals surface area contributed by atoms with Crippen molar-refractivity contribution in [2.75, 3.05) is 20.3 Å². The Morgan fingerprint density at radius 1 is 0.915 bits per heavy atom. The second kappa shape index (κ2) is 15.7. The van der Waals surface area contributed by atoms with Crippen molar-refractivity contribution >= 4 is 24.0 Å². The topological polar surface area (TPSA) is 141 Å². The van der Waals surface area contributed by atoms with E-state index in [1.165, 1.54) is 24.8 Å². The quantitative estimate of drug-likeness (QED) is 0.0403. The SMILES string of the molecule is COc1cc(/C=C/C(=O)OCCCO[N+](=O)[O-])ccc1OC(=O)[C@]12CCC(C)(C)C[C@H]1C1=CC[C@@H]3[C@@]4(C)CC[C@H](OC(=O)C(F)(F)F)C(C)(C)[C@@H]4CC[C@@]3(C)[C@]1(C)CC2. The summed E-state index contributed by atoms with van der Waals surface area (Å²) in [5, 5.41) is 9.37. The van der Waals surface area contributed by atoms with Crippen LogP contribution in [0.5, 0.6) is 11.5 Å². The lowest BCUT2D eigenvalue weighted by Crippen LogP contribution is -2.65. The van der Waals surface area contributed by atoms with Gasteiger partial charge in [-0.1, -0.05) is 66.2 Å². The fourth-order valence-corrected chi connectivity index (χ4v) is 12.6. The van der Waals surface area contributed by atoms with Gasteiger partial charge in [0, 0.05) is 17.9 Å². The number of alkyl halides is 3. The van der Waals surface area contributed by atoms with Gasteiger partial charge in [0.1, 0.15) is 6.10 Å². The van der Waals surface area contributed by atoms with E-state index in [-0.39, 0.29) is 70.8 Å². The van der Waals surface area contributed by atoms with Crippen molar-refractivity contribution in [2.45, 2.75) is 131 Å². The minimum atomic E-state index is -5.03. The number of allylic oxidation sites excluding steroid dienone is 2. The summed E-state index contributed by atoms with van der Waals surface area (Å²) in [5.41, 5.74) is 0.0345. The monoisotopic (exact) mass is 831 g/mol. The summed E-state index contributed by atoms with van der Waals surface area (Å²) in [7, 11) is 1.49. The van der Waals surface area contributed by atoms with Gasteiger partial charge in [-0.05, 0) is 127 Å². The van der Waals surface area contributed by atoms with Crippen molar-refractivity contribution < 1.29 is 56.4 Å². The zero-order chi connectivity index (χ0) is 43.4. The molecule has 11 nitrogen and oxygen atoms in total. The molecule has 0 saturated heterocycles. The number of methoxy groups -OCH3 is 1. The Balaban J connectivity index is 1.23. The Hall–Kier alpha value is -4.10. The van der Waals surface area contributed by atoms with E-state index in [0.29, 0.717) is 37.0 Å². The number of carbonyl (C=O) groups excluding carboxylic acids is 3. The number of nitrogens with zero attached hydrogens (tertiary/aromatic N) is 1. The van der Waals surface area contributed by atoms with E-state index in [1.54, 1.807) is 18.2 Å². The van der Waals surface area contributed by atoms with Crippen molar-refractivity contribution in [2.24, 2.45) is 50.2 Å². The highest BCUT2D eigenvalue weighted by Gasteiger charge is 2.70. The number of hydrogen-bond acceptors (Lipinski definition) is 10. The lowest BCUT2D eigenvalue weighted by Gasteiger charge is -2.71. The molecule has 0 amide bonds. The molecular weight excluding hydrogens is 771 g/mol. The van der Waals surface area contributed by atoms with Gasteiger partial charge in [0.2, 0.25) is 0 Å². The molecule has 0 N–H and O–H groups in total. The Morgan fingerprint density at radius 3 is 2.31 bits per heavy atom. The molecule has 4 saturated carbocycles. The van der Waals surface area contributed by atoms with Gasteiger partial charge in [-0.15, -0.1) is 10.1 Å². The Morgan fingerprint density at radius 2 is 1.63 bits per heavy atom. The van der Waals surface area contributed by atoms with Crippen LogP contribution in [0.1, 0.15) is 125 Å². The van der Waals surface area contributed by atoms with E-state index in [4.69, 9.17) is 18.9 Å². The van der Waals surface area contributed by atoms with Crippen LogP contribution in [0.3, 0.4) is 0 Å². The van der Waals surface area contributed by atoms with Crippen LogP contribution in [0.4, 0.5) is 13.2 Å². The highest BCUT2D eigenvalue weighted by molar-refractivity contribution is 5.87. The van der Waals surface area contributed by atoms with Crippen LogP contribution in [0, 0.1) is 60.4 Å². The molecule has 6 rings (SSSR count). The van der Waals surface area contributed by atoms with E-state index < -0.39 is 40.1 Å². The first-order valence-corrected chi connectivity index (χ1v) is 20.9. The number of rotatable bonds is 11. The molecule has 0 aliphatic heterocycles. The Labute approximate surface area is 344 Å². The molecule has 5 aliphatic carbocycles. The summed E-state index contributed by atoms with van der Waals surface area (Å²) in [6, 6.07) is 5.05. The van der Waals surface area contributed by atoms with Gasteiger partial charge in [0.25, 0.3) is 5.09 Å². The van der Waals surface area contributed by atoms with Gasteiger partial charge in [-0.3, -0.25) is 4.79 Å². The summed E-state index contributed by atoms with van der Waals surface area (Å²) < 4.78 is 62.1. The van der Waals surface area contributed by atoms with Crippen molar-refractivity contribution in [1.29, 1.82) is 0 Å². The summed E-state index contributed by atoms with van der Waals surface area (Å²) in [6.45, 7) is 15.4. The fraction of sp³-hybridized carbons (Fsp3) is 0.711. The zero-order valence-electron chi connectivity index (χ0n) is 35.6. The van der Waals surface area contributed by atoms with Crippen LogP contribution >= 0.6 is 0 Å². The van der Waals surface area contributed by atoms with Gasteiger partial charge >= 0.3 is 24.1 Å². The average molecular weight is 832 g/mol. The van der Waals surface area contributed by atoms with Crippen LogP contribution in [-0.4, -0.2) is 55.6 Å². The molecule has 0 radical (unpaired) electrons. The summed E-state index contributed by atoms with van der Waals surface area (Å²) >= 11 is 0. The van der Waals surface area contributed by atoms with Crippen LogP contribution in [-0.2, 0) is 28.7 Å². The predicted molar refractivity (Wildman–Crippen MR) is 211 cm³/mol. The second-order valence-corrected chi connectivity index (χ2v) is 19.8. The van der Waals surface area contributed by atoms with Crippen molar-refractivity contribution in [3.05, 3.63) is 51.6 Å². The molecule has 0 bridgehead atoms. The van der Waals surface area contributed by atoms with Crippen molar-refractivity contribution in [3.8, 4) is 11.5 Å². The molecule has 59 heavy (non-hydrogen) atoms. The molecule has 326 valence electrons. The molecule has 1 aromatic rings. The number of ether oxygens (including phenoxy) is 4. The fourth-order valence-electron chi connectivity index (χ4n) is 12.6. The van der Waals surface area contributed by atoms with Gasteiger partial charge in [-0.2, -0.15) is 13.2 Å². The third-order valence-corrected chi connectivity index (χ3v) is 16.0. The summed E-state index contributed by atoms with van der Waals surface area (Å²) in [6.07, 6.45) is 6.94. The van der Waals surface area contributed by atoms with Crippen LogP contribution in [0.25, 0.3) is 6.08 Å². The molecular formula is C45H60F3NO10. The number of halogens is 3. The molecule has 0 heterocycles. The smallest absolute Gasteiger partial charge is 0.490 e. The number of hydrogen-bond donors (Lipinski definition) is 0. The van der Waals surface area contributed by atoms with Gasteiger partial charge in [-0.25, -0.2) is 9.59 Å². The van der Waals surface area contributed by atoms with E-state index >= 15 is 0 Å². The number of esters is 3. The summed E-state index contributed by atoms with van der Waals surface area (Å²) in [4.78, 5) is 53.5. The maximum Gasteiger partial charge on any atom is 0.490 e. The number of benzene rings is 1. The highest BCUT2D eigenvalue weighted by Crippen LogP contribution is 2.76. The predicted octanol–water partition coefficient (Wildman–Crippen LogP) is 10.0. The van der Waals surface area contributed by atoms with Crippen molar-refractivity contribution in [1.82, 2.24) is 0 Å². The first-order valence-electron chi connectivity index (χ1n) is 20.9. The van der Waals surface area contributed by atoms with Gasteiger partial charge in [0.05, 0.1) is 25.7 Å². The van der Waals surface area contributed by atoms with Crippen LogP contribution < -0.4 is 9.47 Å².